The molecule has 0 radical (unpaired) electrons. The molecule has 26 heavy (non-hydrogen) atoms. The summed E-state index contributed by atoms with van der Waals surface area (Å²) >= 11 is 0. The molecule has 0 aromatic heterocycles. The van der Waals surface area contributed by atoms with Gasteiger partial charge in [0.25, 0.3) is 0 Å². The zero-order chi connectivity index (χ0) is 19.2. The van der Waals surface area contributed by atoms with Crippen molar-refractivity contribution in [3.05, 3.63) is 24.3 Å². The lowest BCUT2D eigenvalue weighted by Crippen LogP contribution is -2.44. The molecular formula is C18H27N3O4S. The van der Waals surface area contributed by atoms with Gasteiger partial charge in [-0.3, -0.25) is 9.59 Å². The van der Waals surface area contributed by atoms with Crippen molar-refractivity contribution in [3.63, 3.8) is 0 Å². The lowest BCUT2D eigenvalue weighted by atomic mass is 10.1. The van der Waals surface area contributed by atoms with Gasteiger partial charge in [-0.15, -0.1) is 0 Å². The number of amides is 2. The first-order chi connectivity index (χ1) is 12.3. The van der Waals surface area contributed by atoms with Crippen LogP contribution in [0.3, 0.4) is 0 Å². The largest absolute Gasteiger partial charge is 0.326 e. The highest BCUT2D eigenvalue weighted by molar-refractivity contribution is 7.88. The van der Waals surface area contributed by atoms with Crippen molar-refractivity contribution < 1.29 is 18.0 Å². The molecule has 0 atom stereocenters. The Bertz CT molecular complexity index is 741. The monoisotopic (exact) mass is 381 g/mol. The molecule has 1 aliphatic rings. The van der Waals surface area contributed by atoms with E-state index in [2.05, 4.69) is 10.6 Å². The molecule has 1 aromatic rings. The summed E-state index contributed by atoms with van der Waals surface area (Å²) in [6, 6.07) is 6.63. The molecule has 0 unspecified atom stereocenters. The van der Waals surface area contributed by atoms with E-state index in [-0.39, 0.29) is 24.4 Å². The van der Waals surface area contributed by atoms with Gasteiger partial charge < -0.3 is 10.6 Å². The van der Waals surface area contributed by atoms with Crippen LogP contribution in [-0.4, -0.2) is 43.4 Å². The van der Waals surface area contributed by atoms with Gasteiger partial charge >= 0.3 is 0 Å². The highest BCUT2D eigenvalue weighted by Gasteiger charge is 2.29. The number of rotatable bonds is 6. The van der Waals surface area contributed by atoms with Crippen molar-refractivity contribution in [2.24, 2.45) is 0 Å². The van der Waals surface area contributed by atoms with E-state index in [1.807, 2.05) is 0 Å². The maximum absolute atomic E-state index is 12.4. The Balaban J connectivity index is 2.06. The second-order valence-electron chi connectivity index (χ2n) is 6.76. The smallest absolute Gasteiger partial charge is 0.239 e. The van der Waals surface area contributed by atoms with Crippen LogP contribution in [0.2, 0.25) is 0 Å². The second kappa shape index (κ2) is 9.14. The average Bonchev–Trinajstić information content (AvgIpc) is 2.80. The summed E-state index contributed by atoms with van der Waals surface area (Å²) in [6.07, 6.45) is 6.92. The molecule has 0 heterocycles. The summed E-state index contributed by atoms with van der Waals surface area (Å²) in [6.45, 7) is 1.20. The topological polar surface area (TPSA) is 95.6 Å². The van der Waals surface area contributed by atoms with Gasteiger partial charge in [0.05, 0.1) is 12.8 Å². The van der Waals surface area contributed by atoms with Gasteiger partial charge in [-0.05, 0) is 31.0 Å². The average molecular weight is 381 g/mol. The van der Waals surface area contributed by atoms with Crippen LogP contribution in [0.4, 0.5) is 11.4 Å². The highest BCUT2D eigenvalue weighted by Crippen LogP contribution is 2.24. The van der Waals surface area contributed by atoms with Gasteiger partial charge in [0.2, 0.25) is 21.8 Å². The lowest BCUT2D eigenvalue weighted by molar-refractivity contribution is -0.117. The first-order valence-corrected chi connectivity index (χ1v) is 10.7. The molecule has 0 saturated heterocycles. The van der Waals surface area contributed by atoms with Crippen molar-refractivity contribution in [3.8, 4) is 0 Å². The van der Waals surface area contributed by atoms with E-state index in [9.17, 15) is 18.0 Å². The number of hydrogen-bond donors (Lipinski definition) is 2. The zero-order valence-corrected chi connectivity index (χ0v) is 16.1. The van der Waals surface area contributed by atoms with E-state index in [1.165, 1.54) is 11.2 Å². The van der Waals surface area contributed by atoms with E-state index in [0.717, 1.165) is 44.8 Å². The lowest BCUT2D eigenvalue weighted by Gasteiger charge is -2.28. The van der Waals surface area contributed by atoms with Gasteiger partial charge in [0.1, 0.15) is 0 Å². The van der Waals surface area contributed by atoms with Crippen LogP contribution in [0.25, 0.3) is 0 Å². The number of carbonyl (C=O) groups is 2. The highest BCUT2D eigenvalue weighted by atomic mass is 32.2. The summed E-state index contributed by atoms with van der Waals surface area (Å²) in [4.78, 5) is 23.6. The summed E-state index contributed by atoms with van der Waals surface area (Å²) in [5.74, 6) is -0.593. The van der Waals surface area contributed by atoms with Gasteiger partial charge in [-0.1, -0.05) is 31.7 Å². The zero-order valence-electron chi connectivity index (χ0n) is 15.3. The van der Waals surface area contributed by atoms with E-state index in [4.69, 9.17) is 0 Å². The van der Waals surface area contributed by atoms with Crippen LogP contribution >= 0.6 is 0 Å². The number of hydrogen-bond acceptors (Lipinski definition) is 4. The number of sulfonamides is 1. The molecule has 0 bridgehead atoms. The van der Waals surface area contributed by atoms with Gasteiger partial charge in [-0.25, -0.2) is 8.42 Å². The Kier molecular flexibility index (Phi) is 7.16. The molecule has 7 nitrogen and oxygen atoms in total. The van der Waals surface area contributed by atoms with Gasteiger partial charge in [0, 0.05) is 24.3 Å². The third kappa shape index (κ3) is 6.42. The number of carbonyl (C=O) groups excluding carboxylic acids is 2. The quantitative estimate of drug-likeness (QED) is 0.740. The summed E-state index contributed by atoms with van der Waals surface area (Å²) in [7, 11) is -3.48. The minimum absolute atomic E-state index is 0.121. The molecule has 2 amide bonds. The van der Waals surface area contributed by atoms with Crippen LogP contribution < -0.4 is 10.6 Å². The summed E-state index contributed by atoms with van der Waals surface area (Å²) in [5, 5.41) is 5.36. The molecule has 0 spiro atoms. The van der Waals surface area contributed by atoms with Crippen LogP contribution in [-0.2, 0) is 19.6 Å². The molecule has 1 fully saturated rings. The molecule has 2 rings (SSSR count). The van der Waals surface area contributed by atoms with Crippen molar-refractivity contribution in [1.29, 1.82) is 0 Å². The normalized spacial score (nSPS) is 16.1. The molecule has 1 saturated carbocycles. The Labute approximate surface area is 155 Å². The predicted molar refractivity (Wildman–Crippen MR) is 102 cm³/mol. The Hall–Kier alpha value is -1.93. The van der Waals surface area contributed by atoms with Crippen molar-refractivity contribution >= 4 is 33.2 Å². The van der Waals surface area contributed by atoms with Crippen LogP contribution in [0.5, 0.6) is 0 Å². The third-order valence-corrected chi connectivity index (χ3v) is 5.70. The Morgan fingerprint density at radius 1 is 1.08 bits per heavy atom. The van der Waals surface area contributed by atoms with Gasteiger partial charge in [0.15, 0.2) is 0 Å². The van der Waals surface area contributed by atoms with Crippen LogP contribution in [0, 0.1) is 0 Å². The fourth-order valence-electron chi connectivity index (χ4n) is 3.28. The maximum atomic E-state index is 12.4. The standard InChI is InChI=1S/C18H27N3O4S/c1-14(22)19-15-8-7-9-16(12-15)20-18(23)13-21(26(2,24)25)17-10-5-3-4-6-11-17/h7-9,12,17H,3-6,10-11,13H2,1-2H3,(H,19,22)(H,20,23). The first-order valence-electron chi connectivity index (χ1n) is 8.90. The molecule has 1 aliphatic carbocycles. The fraction of sp³-hybridized carbons (Fsp3) is 0.556. The molecule has 1 aromatic carbocycles. The Morgan fingerprint density at radius 3 is 2.19 bits per heavy atom. The SMILES string of the molecule is CC(=O)Nc1cccc(NC(=O)CN(C2CCCCCC2)S(C)(=O)=O)c1. The van der Waals surface area contributed by atoms with E-state index in [1.54, 1.807) is 24.3 Å². The number of nitrogens with zero attached hydrogens (tertiary/aromatic N) is 1. The molecule has 8 heteroatoms. The number of benzene rings is 1. The van der Waals surface area contributed by atoms with Gasteiger partial charge in [-0.2, -0.15) is 4.31 Å². The third-order valence-electron chi connectivity index (χ3n) is 4.42. The summed E-state index contributed by atoms with van der Waals surface area (Å²) in [5.41, 5.74) is 1.08. The second-order valence-corrected chi connectivity index (χ2v) is 8.70. The van der Waals surface area contributed by atoms with Crippen molar-refractivity contribution in [1.82, 2.24) is 4.31 Å². The van der Waals surface area contributed by atoms with E-state index < -0.39 is 10.0 Å². The van der Waals surface area contributed by atoms with Crippen molar-refractivity contribution in [2.75, 3.05) is 23.4 Å². The Morgan fingerprint density at radius 2 is 1.65 bits per heavy atom. The molecular weight excluding hydrogens is 354 g/mol. The van der Waals surface area contributed by atoms with E-state index in [0.29, 0.717) is 11.4 Å². The van der Waals surface area contributed by atoms with Crippen LogP contribution in [0.1, 0.15) is 45.4 Å². The van der Waals surface area contributed by atoms with E-state index >= 15 is 0 Å². The van der Waals surface area contributed by atoms with Crippen molar-refractivity contribution in [2.45, 2.75) is 51.5 Å². The maximum Gasteiger partial charge on any atom is 0.239 e. The molecule has 0 aliphatic heterocycles. The first kappa shape index (κ1) is 20.4. The molecule has 2 N–H and O–H groups in total. The summed E-state index contributed by atoms with van der Waals surface area (Å²) < 4.78 is 25.7. The number of anilines is 2. The fourth-order valence-corrected chi connectivity index (χ4v) is 4.39. The minimum Gasteiger partial charge on any atom is -0.326 e. The number of nitrogens with one attached hydrogen (secondary N) is 2. The van der Waals surface area contributed by atoms with Crippen LogP contribution in [0.15, 0.2) is 24.3 Å². The predicted octanol–water partition coefficient (Wildman–Crippen LogP) is 2.57. The minimum atomic E-state index is -3.48. The molecule has 144 valence electrons.